The molecular formula is C26H21ClN2O5. The maximum atomic E-state index is 12.6. The molecule has 1 fully saturated rings. The Kier molecular flexibility index (Phi) is 7.09. The molecule has 0 bridgehead atoms. The summed E-state index contributed by atoms with van der Waals surface area (Å²) in [6.07, 6.45) is 6.45. The quantitative estimate of drug-likeness (QED) is 0.182. The van der Waals surface area contributed by atoms with Crippen LogP contribution in [-0.4, -0.2) is 17.9 Å². The molecule has 172 valence electrons. The van der Waals surface area contributed by atoms with Gasteiger partial charge in [-0.2, -0.15) is 5.26 Å². The van der Waals surface area contributed by atoms with Gasteiger partial charge in [-0.1, -0.05) is 43.0 Å². The Bertz CT molecular complexity index is 1360. The second-order valence-electron chi connectivity index (χ2n) is 8.07. The van der Waals surface area contributed by atoms with Gasteiger partial charge in [0.05, 0.1) is 0 Å². The van der Waals surface area contributed by atoms with Crippen LogP contribution in [0.1, 0.15) is 48.0 Å². The highest BCUT2D eigenvalue weighted by Crippen LogP contribution is 2.23. The SMILES string of the molecule is N#C/C(=C\c1ccc(Cl)cc1)C(=O)Oc1ccc2cc(C(=O)NC3CCCCC3)c(=O)oc2c1. The van der Waals surface area contributed by atoms with E-state index >= 15 is 0 Å². The van der Waals surface area contributed by atoms with Gasteiger partial charge in [-0.05, 0) is 54.8 Å². The van der Waals surface area contributed by atoms with E-state index in [4.69, 9.17) is 20.8 Å². The highest BCUT2D eigenvalue weighted by Gasteiger charge is 2.20. The fourth-order valence-electron chi connectivity index (χ4n) is 3.85. The smallest absolute Gasteiger partial charge is 0.354 e. The third-order valence-electron chi connectivity index (χ3n) is 5.62. The normalized spacial score (nSPS) is 14.4. The van der Waals surface area contributed by atoms with Crippen molar-refractivity contribution in [1.82, 2.24) is 5.32 Å². The summed E-state index contributed by atoms with van der Waals surface area (Å²) < 4.78 is 10.6. The molecule has 1 saturated carbocycles. The van der Waals surface area contributed by atoms with Crippen LogP contribution in [0.5, 0.6) is 5.75 Å². The van der Waals surface area contributed by atoms with E-state index in [1.165, 1.54) is 24.3 Å². The molecule has 1 aromatic heterocycles. The first kappa shape index (κ1) is 23.3. The molecule has 1 N–H and O–H groups in total. The lowest BCUT2D eigenvalue weighted by Gasteiger charge is -2.22. The largest absolute Gasteiger partial charge is 0.422 e. The molecule has 4 rings (SSSR count). The van der Waals surface area contributed by atoms with E-state index in [1.807, 2.05) is 6.07 Å². The van der Waals surface area contributed by atoms with Crippen LogP contribution in [0.25, 0.3) is 17.0 Å². The van der Waals surface area contributed by atoms with Crippen LogP contribution in [-0.2, 0) is 4.79 Å². The second-order valence-corrected chi connectivity index (χ2v) is 8.50. The van der Waals surface area contributed by atoms with E-state index in [0.717, 1.165) is 32.1 Å². The number of amides is 1. The molecule has 2 aromatic carbocycles. The van der Waals surface area contributed by atoms with Crippen molar-refractivity contribution in [1.29, 1.82) is 5.26 Å². The van der Waals surface area contributed by atoms with Gasteiger partial charge >= 0.3 is 11.6 Å². The number of esters is 1. The summed E-state index contributed by atoms with van der Waals surface area (Å²) in [6.45, 7) is 0. The summed E-state index contributed by atoms with van der Waals surface area (Å²) in [7, 11) is 0. The summed E-state index contributed by atoms with van der Waals surface area (Å²) in [5.41, 5.74) is -0.283. The van der Waals surface area contributed by atoms with Crippen LogP contribution in [0.15, 0.2) is 63.3 Å². The molecule has 0 saturated heterocycles. The van der Waals surface area contributed by atoms with Crippen LogP contribution >= 0.6 is 11.6 Å². The van der Waals surface area contributed by atoms with Crippen LogP contribution < -0.4 is 15.7 Å². The number of ether oxygens (including phenoxy) is 1. The summed E-state index contributed by atoms with van der Waals surface area (Å²) >= 11 is 5.85. The third-order valence-corrected chi connectivity index (χ3v) is 5.88. The van der Waals surface area contributed by atoms with Gasteiger partial charge in [-0.25, -0.2) is 9.59 Å². The number of nitrogens with one attached hydrogen (secondary N) is 1. The molecule has 8 heteroatoms. The first-order valence-corrected chi connectivity index (χ1v) is 11.3. The number of nitriles is 1. The fourth-order valence-corrected chi connectivity index (χ4v) is 3.97. The maximum Gasteiger partial charge on any atom is 0.354 e. The highest BCUT2D eigenvalue weighted by atomic mass is 35.5. The molecule has 0 aliphatic heterocycles. The molecule has 7 nitrogen and oxygen atoms in total. The van der Waals surface area contributed by atoms with Crippen molar-refractivity contribution in [3.05, 3.63) is 80.7 Å². The van der Waals surface area contributed by atoms with Gasteiger partial charge in [0.15, 0.2) is 0 Å². The number of hydrogen-bond acceptors (Lipinski definition) is 6. The van der Waals surface area contributed by atoms with Crippen molar-refractivity contribution < 1.29 is 18.7 Å². The van der Waals surface area contributed by atoms with Gasteiger partial charge in [0, 0.05) is 22.5 Å². The number of benzene rings is 2. The minimum absolute atomic E-state index is 0.0633. The van der Waals surface area contributed by atoms with Gasteiger partial charge < -0.3 is 14.5 Å². The van der Waals surface area contributed by atoms with Crippen molar-refractivity contribution in [2.45, 2.75) is 38.1 Å². The Morgan fingerprint density at radius 2 is 1.82 bits per heavy atom. The summed E-state index contributed by atoms with van der Waals surface area (Å²) in [4.78, 5) is 37.5. The molecule has 0 radical (unpaired) electrons. The van der Waals surface area contributed by atoms with Gasteiger partial charge in [-0.3, -0.25) is 4.79 Å². The highest BCUT2D eigenvalue weighted by molar-refractivity contribution is 6.30. The standard InChI is InChI=1S/C26H21ClN2O5/c27-19-9-6-16(7-10-19)12-18(15-28)25(31)33-21-11-8-17-13-22(26(32)34-23(17)14-21)24(30)29-20-4-2-1-3-5-20/h6-14,20H,1-5H2,(H,29,30)/b18-12+. The molecule has 1 aliphatic rings. The lowest BCUT2D eigenvalue weighted by Crippen LogP contribution is -2.38. The first-order chi connectivity index (χ1) is 16.4. The molecule has 1 amide bonds. The van der Waals surface area contributed by atoms with Crippen LogP contribution in [0.4, 0.5) is 0 Å². The number of rotatable bonds is 5. The summed E-state index contributed by atoms with van der Waals surface area (Å²) in [6, 6.07) is 14.4. The number of carbonyl (C=O) groups excluding carboxylic acids is 2. The van der Waals surface area contributed by atoms with Crippen molar-refractivity contribution in [3.63, 3.8) is 0 Å². The Balaban J connectivity index is 1.52. The van der Waals surface area contributed by atoms with Gasteiger partial charge in [0.25, 0.3) is 5.91 Å². The molecule has 0 spiro atoms. The van der Waals surface area contributed by atoms with Crippen molar-refractivity contribution >= 4 is 40.5 Å². The lowest BCUT2D eigenvalue weighted by atomic mass is 9.95. The topological polar surface area (TPSA) is 109 Å². The van der Waals surface area contributed by atoms with Gasteiger partial charge in [-0.15, -0.1) is 0 Å². The van der Waals surface area contributed by atoms with Gasteiger partial charge in [0.1, 0.15) is 28.5 Å². The van der Waals surface area contributed by atoms with Crippen LogP contribution in [0.2, 0.25) is 5.02 Å². The first-order valence-electron chi connectivity index (χ1n) is 10.9. The lowest BCUT2D eigenvalue weighted by molar-refractivity contribution is -0.129. The molecule has 0 unspecified atom stereocenters. The molecule has 1 aliphatic carbocycles. The summed E-state index contributed by atoms with van der Waals surface area (Å²) in [5, 5.41) is 13.3. The zero-order valence-corrected chi connectivity index (χ0v) is 18.9. The maximum absolute atomic E-state index is 12.6. The van der Waals surface area contributed by atoms with E-state index in [0.29, 0.717) is 16.0 Å². The molecule has 1 heterocycles. The second kappa shape index (κ2) is 10.4. The Labute approximate surface area is 200 Å². The monoisotopic (exact) mass is 476 g/mol. The number of hydrogen-bond donors (Lipinski definition) is 1. The van der Waals surface area contributed by atoms with E-state index in [1.54, 1.807) is 30.3 Å². The van der Waals surface area contributed by atoms with Crippen molar-refractivity contribution in [2.24, 2.45) is 0 Å². The molecule has 0 atom stereocenters. The Morgan fingerprint density at radius 1 is 1.09 bits per heavy atom. The zero-order valence-electron chi connectivity index (χ0n) is 18.2. The van der Waals surface area contributed by atoms with Crippen LogP contribution in [0.3, 0.4) is 0 Å². The number of halogens is 1. The third kappa shape index (κ3) is 5.53. The zero-order chi connectivity index (χ0) is 24.1. The van der Waals surface area contributed by atoms with Crippen LogP contribution in [0, 0.1) is 11.3 Å². The number of fused-ring (bicyclic) bond motifs is 1. The number of nitrogens with zero attached hydrogens (tertiary/aromatic N) is 1. The average Bonchev–Trinajstić information content (AvgIpc) is 2.83. The van der Waals surface area contributed by atoms with E-state index in [2.05, 4.69) is 5.32 Å². The predicted octanol–water partition coefficient (Wildman–Crippen LogP) is 5.02. The minimum atomic E-state index is -0.859. The van der Waals surface area contributed by atoms with Crippen molar-refractivity contribution in [2.75, 3.05) is 0 Å². The van der Waals surface area contributed by atoms with Gasteiger partial charge in [0.2, 0.25) is 0 Å². The molecular weight excluding hydrogens is 456 g/mol. The van der Waals surface area contributed by atoms with Crippen molar-refractivity contribution in [3.8, 4) is 11.8 Å². The van der Waals surface area contributed by atoms with E-state index < -0.39 is 17.5 Å². The average molecular weight is 477 g/mol. The molecule has 3 aromatic rings. The summed E-state index contributed by atoms with van der Waals surface area (Å²) in [5.74, 6) is -1.22. The Morgan fingerprint density at radius 3 is 2.53 bits per heavy atom. The Hall–Kier alpha value is -3.89. The van der Waals surface area contributed by atoms with E-state index in [9.17, 15) is 19.6 Å². The minimum Gasteiger partial charge on any atom is -0.422 e. The van der Waals surface area contributed by atoms with E-state index in [-0.39, 0.29) is 28.5 Å². The number of carbonyl (C=O) groups is 2. The predicted molar refractivity (Wildman–Crippen MR) is 128 cm³/mol. The molecule has 34 heavy (non-hydrogen) atoms. The fraction of sp³-hybridized carbons (Fsp3) is 0.231.